The standard InChI is InChI=1S/C9H3ClN2O5S/c10-18(15,16)5-3-1-2-4-6(5)8(13)7(12-11)9(14)17-4/h1-3H. The van der Waals surface area contributed by atoms with Crippen LogP contribution in [-0.4, -0.2) is 30.7 Å². The Labute approximate surface area is 105 Å². The molecule has 0 N–H and O–H groups in total. The molecule has 7 nitrogen and oxygen atoms in total. The summed E-state index contributed by atoms with van der Waals surface area (Å²) in [7, 11) is 0.962. The smallest absolute Gasteiger partial charge is 0.417 e. The van der Waals surface area contributed by atoms with E-state index in [-0.39, 0.29) is 5.75 Å². The summed E-state index contributed by atoms with van der Waals surface area (Å²) in [6.07, 6.45) is 0. The second-order valence-electron chi connectivity index (χ2n) is 3.23. The van der Waals surface area contributed by atoms with Gasteiger partial charge in [-0.05, 0) is 12.1 Å². The van der Waals surface area contributed by atoms with Gasteiger partial charge >= 0.3 is 11.7 Å². The van der Waals surface area contributed by atoms with Gasteiger partial charge in [-0.25, -0.2) is 13.2 Å². The lowest BCUT2D eigenvalue weighted by atomic mass is 10.0. The quantitative estimate of drug-likeness (QED) is 0.243. The van der Waals surface area contributed by atoms with Gasteiger partial charge in [0.05, 0.1) is 10.5 Å². The van der Waals surface area contributed by atoms with E-state index in [9.17, 15) is 18.0 Å². The number of carbonyl (C=O) groups is 2. The van der Waals surface area contributed by atoms with Gasteiger partial charge in [0.1, 0.15) is 5.75 Å². The first-order chi connectivity index (χ1) is 8.36. The van der Waals surface area contributed by atoms with E-state index in [2.05, 4.69) is 9.53 Å². The van der Waals surface area contributed by atoms with E-state index in [1.807, 2.05) is 0 Å². The van der Waals surface area contributed by atoms with Crippen molar-refractivity contribution in [1.29, 1.82) is 0 Å². The van der Waals surface area contributed by atoms with Crippen molar-refractivity contribution < 1.29 is 27.5 Å². The Balaban J connectivity index is 2.83. The van der Waals surface area contributed by atoms with Crippen molar-refractivity contribution in [3.8, 4) is 5.75 Å². The maximum absolute atomic E-state index is 11.8. The highest BCUT2D eigenvalue weighted by Crippen LogP contribution is 2.31. The Morgan fingerprint density at radius 1 is 1.28 bits per heavy atom. The van der Waals surface area contributed by atoms with Gasteiger partial charge in [-0.15, -0.1) is 0 Å². The van der Waals surface area contributed by atoms with Gasteiger partial charge in [0.2, 0.25) is 0 Å². The van der Waals surface area contributed by atoms with E-state index in [1.54, 1.807) is 0 Å². The molecular weight excluding hydrogens is 284 g/mol. The van der Waals surface area contributed by atoms with E-state index in [0.29, 0.717) is 0 Å². The fourth-order valence-electron chi connectivity index (χ4n) is 1.47. The fraction of sp³-hybridized carbons (Fsp3) is 0. The Kier molecular flexibility index (Phi) is 2.78. The third-order valence-electron chi connectivity index (χ3n) is 2.19. The lowest BCUT2D eigenvalue weighted by Crippen LogP contribution is -2.35. The molecule has 1 aromatic rings. The number of ketones is 1. The zero-order valence-electron chi connectivity index (χ0n) is 8.45. The van der Waals surface area contributed by atoms with E-state index in [1.165, 1.54) is 12.1 Å². The van der Waals surface area contributed by atoms with Gasteiger partial charge in [-0.1, -0.05) is 6.07 Å². The highest BCUT2D eigenvalue weighted by molar-refractivity contribution is 8.13. The predicted molar refractivity (Wildman–Crippen MR) is 58.1 cm³/mol. The molecule has 1 aromatic carbocycles. The summed E-state index contributed by atoms with van der Waals surface area (Å²) in [5.41, 5.74) is 7.20. The van der Waals surface area contributed by atoms with E-state index in [4.69, 9.17) is 16.2 Å². The number of halogens is 1. The molecule has 0 atom stereocenters. The fourth-order valence-corrected chi connectivity index (χ4v) is 2.53. The Morgan fingerprint density at radius 3 is 2.50 bits per heavy atom. The summed E-state index contributed by atoms with van der Waals surface area (Å²) in [5.74, 6) is -2.48. The minimum absolute atomic E-state index is 0.251. The first kappa shape index (κ1) is 12.4. The first-order valence-corrected chi connectivity index (χ1v) is 6.74. The summed E-state index contributed by atoms with van der Waals surface area (Å²) in [6, 6.07) is 3.56. The number of Topliss-reactive ketones (excluding diaryl/α,β-unsaturated/α-hetero) is 1. The monoisotopic (exact) mass is 286 g/mol. The van der Waals surface area contributed by atoms with Crippen LogP contribution in [0.2, 0.25) is 0 Å². The van der Waals surface area contributed by atoms with Crippen molar-refractivity contribution in [3.63, 3.8) is 0 Å². The van der Waals surface area contributed by atoms with Crippen LogP contribution < -0.4 is 4.74 Å². The van der Waals surface area contributed by atoms with Crippen molar-refractivity contribution in [2.75, 3.05) is 0 Å². The molecule has 0 unspecified atom stereocenters. The molecule has 0 aromatic heterocycles. The molecule has 0 saturated heterocycles. The molecule has 0 saturated carbocycles. The molecule has 0 spiro atoms. The van der Waals surface area contributed by atoms with Crippen molar-refractivity contribution in [2.24, 2.45) is 0 Å². The molecule has 92 valence electrons. The lowest BCUT2D eigenvalue weighted by Gasteiger charge is -2.13. The predicted octanol–water partition coefficient (Wildman–Crippen LogP) is 0.387. The number of hydrogen-bond acceptors (Lipinski definition) is 5. The molecule has 0 bridgehead atoms. The Bertz CT molecular complexity index is 733. The molecule has 2 rings (SSSR count). The number of fused-ring (bicyclic) bond motifs is 1. The van der Waals surface area contributed by atoms with Crippen LogP contribution in [0.4, 0.5) is 0 Å². The minimum atomic E-state index is -4.20. The van der Waals surface area contributed by atoms with Gasteiger partial charge in [-0.2, -0.15) is 4.79 Å². The highest BCUT2D eigenvalue weighted by Gasteiger charge is 2.43. The van der Waals surface area contributed by atoms with Crippen LogP contribution in [0.15, 0.2) is 23.1 Å². The van der Waals surface area contributed by atoms with Crippen molar-refractivity contribution in [1.82, 2.24) is 0 Å². The van der Waals surface area contributed by atoms with Crippen molar-refractivity contribution >= 4 is 37.2 Å². The number of rotatable bonds is 1. The summed E-state index contributed by atoms with van der Waals surface area (Å²) < 4.78 is 27.3. The molecule has 0 aliphatic carbocycles. The lowest BCUT2D eigenvalue weighted by molar-refractivity contribution is -0.131. The molecule has 9 heteroatoms. The molecular formula is C9H3ClN2O5S. The van der Waals surface area contributed by atoms with Gasteiger partial charge in [0.15, 0.2) is 0 Å². The summed E-state index contributed by atoms with van der Waals surface area (Å²) in [6.45, 7) is 0. The summed E-state index contributed by atoms with van der Waals surface area (Å²) >= 11 is 0. The maximum Gasteiger partial charge on any atom is 0.447 e. The minimum Gasteiger partial charge on any atom is -0.417 e. The van der Waals surface area contributed by atoms with Crippen LogP contribution in [0, 0.1) is 0 Å². The number of hydrogen-bond donors (Lipinski definition) is 0. The van der Waals surface area contributed by atoms with Gasteiger partial charge in [0, 0.05) is 10.7 Å². The van der Waals surface area contributed by atoms with Crippen LogP contribution in [0.5, 0.6) is 5.75 Å². The Morgan fingerprint density at radius 2 is 1.94 bits per heavy atom. The average molecular weight is 287 g/mol. The van der Waals surface area contributed by atoms with Gasteiger partial charge < -0.3 is 10.3 Å². The topological polar surface area (TPSA) is 114 Å². The Hall–Kier alpha value is -2.02. The van der Waals surface area contributed by atoms with Crippen LogP contribution in [0.3, 0.4) is 0 Å². The van der Waals surface area contributed by atoms with Crippen LogP contribution >= 0.6 is 10.7 Å². The van der Waals surface area contributed by atoms with E-state index >= 15 is 0 Å². The highest BCUT2D eigenvalue weighted by atomic mass is 35.7. The number of nitrogens with zero attached hydrogens (tertiary/aromatic N) is 2. The van der Waals surface area contributed by atoms with Crippen LogP contribution in [0.1, 0.15) is 10.4 Å². The average Bonchev–Trinajstić information content (AvgIpc) is 2.27. The van der Waals surface area contributed by atoms with E-state index < -0.39 is 37.0 Å². The second-order valence-corrected chi connectivity index (χ2v) is 5.77. The van der Waals surface area contributed by atoms with Crippen molar-refractivity contribution in [3.05, 3.63) is 29.3 Å². The van der Waals surface area contributed by atoms with Gasteiger partial charge in [0.25, 0.3) is 14.8 Å². The third kappa shape index (κ3) is 1.82. The molecule has 1 aliphatic heterocycles. The first-order valence-electron chi connectivity index (χ1n) is 4.43. The van der Waals surface area contributed by atoms with E-state index in [0.717, 1.165) is 6.07 Å². The number of ether oxygens (including phenoxy) is 1. The molecule has 0 fully saturated rings. The zero-order chi connectivity index (χ0) is 13.5. The number of benzene rings is 1. The molecule has 1 heterocycles. The molecule has 0 amide bonds. The molecule has 18 heavy (non-hydrogen) atoms. The van der Waals surface area contributed by atoms with Crippen molar-refractivity contribution in [2.45, 2.75) is 4.90 Å². The maximum atomic E-state index is 11.8. The largest absolute Gasteiger partial charge is 0.447 e. The molecule has 0 radical (unpaired) electrons. The van der Waals surface area contributed by atoms with Crippen LogP contribution in [0.25, 0.3) is 5.53 Å². The zero-order valence-corrected chi connectivity index (χ0v) is 10.0. The summed E-state index contributed by atoms with van der Waals surface area (Å²) in [4.78, 5) is 25.0. The van der Waals surface area contributed by atoms with Crippen LogP contribution in [-0.2, 0) is 13.8 Å². The SMILES string of the molecule is [N-]=[N+]=C1C(=O)Oc2cccc(S(=O)(=O)Cl)c2C1=O. The summed E-state index contributed by atoms with van der Waals surface area (Å²) in [5, 5.41) is 0. The number of esters is 1. The van der Waals surface area contributed by atoms with Gasteiger partial charge in [-0.3, -0.25) is 4.79 Å². The second kappa shape index (κ2) is 4.02. The number of carbonyl (C=O) groups excluding carboxylic acids is 2. The third-order valence-corrected chi connectivity index (χ3v) is 3.55. The molecule has 1 aliphatic rings. The normalized spacial score (nSPS) is 14.8.